The summed E-state index contributed by atoms with van der Waals surface area (Å²) < 4.78 is 4.67. The van der Waals surface area contributed by atoms with Crippen molar-refractivity contribution in [3.63, 3.8) is 0 Å². The number of likely N-dealkylation sites (N-methyl/N-ethyl adjacent to an activating group) is 1. The summed E-state index contributed by atoms with van der Waals surface area (Å²) in [4.78, 5) is 26.3. The highest BCUT2D eigenvalue weighted by Gasteiger charge is 2.33. The van der Waals surface area contributed by atoms with E-state index in [1.54, 1.807) is 14.1 Å². The predicted molar refractivity (Wildman–Crippen MR) is 55.4 cm³/mol. The molecule has 1 aliphatic heterocycles. The van der Waals surface area contributed by atoms with Crippen molar-refractivity contribution in [1.29, 1.82) is 0 Å². The number of hydrogen-bond acceptors (Lipinski definition) is 3. The molecule has 0 radical (unpaired) electrons. The molecule has 0 saturated carbocycles. The fourth-order valence-corrected chi connectivity index (χ4v) is 1.82. The lowest BCUT2D eigenvalue weighted by atomic mass is 10.0. The van der Waals surface area contributed by atoms with Crippen molar-refractivity contribution in [1.82, 2.24) is 9.80 Å². The molecule has 1 heterocycles. The highest BCUT2D eigenvalue weighted by atomic mass is 16.5. The Morgan fingerprint density at radius 1 is 1.33 bits per heavy atom. The molecule has 1 aliphatic rings. The number of piperidine rings is 1. The van der Waals surface area contributed by atoms with Crippen LogP contribution in [0, 0.1) is 0 Å². The quantitative estimate of drug-likeness (QED) is 0.645. The van der Waals surface area contributed by atoms with Gasteiger partial charge in [0.2, 0.25) is 5.91 Å². The smallest absolute Gasteiger partial charge is 0.410 e. The number of ether oxygens (including phenoxy) is 1. The molecule has 0 aromatic rings. The Kier molecular flexibility index (Phi) is 3.94. The lowest BCUT2D eigenvalue weighted by Gasteiger charge is -2.34. The maximum Gasteiger partial charge on any atom is 0.410 e. The van der Waals surface area contributed by atoms with Crippen LogP contribution < -0.4 is 0 Å². The van der Waals surface area contributed by atoms with E-state index in [9.17, 15) is 9.59 Å². The second-order valence-electron chi connectivity index (χ2n) is 3.91. The fraction of sp³-hybridized carbons (Fsp3) is 0.800. The molecule has 15 heavy (non-hydrogen) atoms. The van der Waals surface area contributed by atoms with E-state index in [1.807, 2.05) is 0 Å². The van der Waals surface area contributed by atoms with E-state index in [0.29, 0.717) is 6.54 Å². The number of likely N-dealkylation sites (tertiary alicyclic amines) is 1. The monoisotopic (exact) mass is 214 g/mol. The van der Waals surface area contributed by atoms with E-state index in [2.05, 4.69) is 4.74 Å². The number of rotatable bonds is 1. The zero-order chi connectivity index (χ0) is 11.4. The minimum atomic E-state index is -0.407. The molecule has 2 amide bonds. The minimum absolute atomic E-state index is 0.0277. The van der Waals surface area contributed by atoms with Gasteiger partial charge in [-0.3, -0.25) is 9.69 Å². The molecule has 1 fully saturated rings. The van der Waals surface area contributed by atoms with Gasteiger partial charge in [-0.2, -0.15) is 0 Å². The number of hydrogen-bond donors (Lipinski definition) is 0. The SMILES string of the molecule is COC(=O)N1CCCC[C@@H]1C(=O)N(C)C. The van der Waals surface area contributed by atoms with E-state index in [4.69, 9.17) is 0 Å². The first kappa shape index (κ1) is 11.8. The Balaban J connectivity index is 2.73. The van der Waals surface area contributed by atoms with E-state index in [-0.39, 0.29) is 11.9 Å². The third-order valence-corrected chi connectivity index (χ3v) is 2.64. The standard InChI is InChI=1S/C10H18N2O3/c1-11(2)9(13)8-6-4-5-7-12(8)10(14)15-3/h8H,4-7H2,1-3H3/t8-/m1/s1. The van der Waals surface area contributed by atoms with Gasteiger partial charge in [-0.25, -0.2) is 4.79 Å². The van der Waals surface area contributed by atoms with Crippen LogP contribution in [-0.4, -0.2) is 55.6 Å². The number of nitrogens with zero attached hydrogens (tertiary/aromatic N) is 2. The van der Waals surface area contributed by atoms with Crippen molar-refractivity contribution in [2.24, 2.45) is 0 Å². The largest absolute Gasteiger partial charge is 0.453 e. The summed E-state index contributed by atoms with van der Waals surface area (Å²) in [6.07, 6.45) is 2.24. The van der Waals surface area contributed by atoms with Gasteiger partial charge in [0.25, 0.3) is 0 Å². The highest BCUT2D eigenvalue weighted by molar-refractivity contribution is 5.85. The van der Waals surface area contributed by atoms with Gasteiger partial charge in [0, 0.05) is 20.6 Å². The van der Waals surface area contributed by atoms with Crippen molar-refractivity contribution in [2.45, 2.75) is 25.3 Å². The van der Waals surface area contributed by atoms with Crippen molar-refractivity contribution in [3.8, 4) is 0 Å². The van der Waals surface area contributed by atoms with Crippen LogP contribution >= 0.6 is 0 Å². The van der Waals surface area contributed by atoms with Crippen LogP contribution in [0.25, 0.3) is 0 Å². The lowest BCUT2D eigenvalue weighted by molar-refractivity contribution is -0.134. The van der Waals surface area contributed by atoms with Crippen LogP contribution in [0.1, 0.15) is 19.3 Å². The zero-order valence-electron chi connectivity index (χ0n) is 9.52. The molecule has 1 rings (SSSR count). The Morgan fingerprint density at radius 3 is 2.53 bits per heavy atom. The van der Waals surface area contributed by atoms with Crippen LogP contribution in [0.2, 0.25) is 0 Å². The second kappa shape index (κ2) is 5.00. The third kappa shape index (κ3) is 2.61. The number of methoxy groups -OCH3 is 1. The average molecular weight is 214 g/mol. The molecule has 5 nitrogen and oxygen atoms in total. The molecule has 0 aromatic carbocycles. The summed E-state index contributed by atoms with van der Waals surface area (Å²) in [5.41, 5.74) is 0. The molecule has 0 unspecified atom stereocenters. The van der Waals surface area contributed by atoms with Crippen molar-refractivity contribution < 1.29 is 14.3 Å². The second-order valence-corrected chi connectivity index (χ2v) is 3.91. The summed E-state index contributed by atoms with van der Waals surface area (Å²) in [6, 6.07) is -0.346. The van der Waals surface area contributed by atoms with Crippen LogP contribution in [0.3, 0.4) is 0 Å². The zero-order valence-corrected chi connectivity index (χ0v) is 9.52. The molecule has 0 N–H and O–H groups in total. The maximum atomic E-state index is 11.8. The summed E-state index contributed by atoms with van der Waals surface area (Å²) in [5, 5.41) is 0. The van der Waals surface area contributed by atoms with Gasteiger partial charge < -0.3 is 9.64 Å². The fourth-order valence-electron chi connectivity index (χ4n) is 1.82. The Morgan fingerprint density at radius 2 is 2.00 bits per heavy atom. The first-order chi connectivity index (χ1) is 7.07. The number of carbonyl (C=O) groups excluding carboxylic acids is 2. The Labute approximate surface area is 90.0 Å². The first-order valence-corrected chi connectivity index (χ1v) is 5.13. The van der Waals surface area contributed by atoms with E-state index in [1.165, 1.54) is 16.9 Å². The van der Waals surface area contributed by atoms with Gasteiger partial charge in [-0.15, -0.1) is 0 Å². The summed E-state index contributed by atoms with van der Waals surface area (Å²) in [7, 11) is 4.74. The van der Waals surface area contributed by atoms with Crippen molar-refractivity contribution in [3.05, 3.63) is 0 Å². The molecule has 0 aliphatic carbocycles. The van der Waals surface area contributed by atoms with E-state index < -0.39 is 6.09 Å². The summed E-state index contributed by atoms with van der Waals surface area (Å²) in [6.45, 7) is 0.608. The van der Waals surface area contributed by atoms with E-state index in [0.717, 1.165) is 19.3 Å². The van der Waals surface area contributed by atoms with Crippen LogP contribution in [-0.2, 0) is 9.53 Å². The maximum absolute atomic E-state index is 11.8. The van der Waals surface area contributed by atoms with Crippen LogP contribution in [0.15, 0.2) is 0 Å². The Bertz CT molecular complexity index is 253. The number of carbonyl (C=O) groups is 2. The molecule has 0 aromatic heterocycles. The van der Waals surface area contributed by atoms with Gasteiger partial charge in [0.1, 0.15) is 6.04 Å². The molecule has 0 bridgehead atoms. The van der Waals surface area contributed by atoms with Gasteiger partial charge >= 0.3 is 6.09 Å². The Hall–Kier alpha value is -1.26. The average Bonchev–Trinajstić information content (AvgIpc) is 2.27. The predicted octanol–water partition coefficient (Wildman–Crippen LogP) is 0.696. The minimum Gasteiger partial charge on any atom is -0.453 e. The topological polar surface area (TPSA) is 49.9 Å². The molecule has 1 atom stereocenters. The highest BCUT2D eigenvalue weighted by Crippen LogP contribution is 2.19. The molecule has 1 saturated heterocycles. The van der Waals surface area contributed by atoms with Gasteiger partial charge in [0.15, 0.2) is 0 Å². The summed E-state index contributed by atoms with van der Waals surface area (Å²) >= 11 is 0. The third-order valence-electron chi connectivity index (χ3n) is 2.64. The first-order valence-electron chi connectivity index (χ1n) is 5.13. The van der Waals surface area contributed by atoms with Gasteiger partial charge in [-0.05, 0) is 19.3 Å². The molecule has 86 valence electrons. The van der Waals surface area contributed by atoms with E-state index >= 15 is 0 Å². The van der Waals surface area contributed by atoms with Crippen LogP contribution in [0.4, 0.5) is 4.79 Å². The molecular formula is C10H18N2O3. The normalized spacial score (nSPS) is 21.0. The van der Waals surface area contributed by atoms with Gasteiger partial charge in [0.05, 0.1) is 7.11 Å². The van der Waals surface area contributed by atoms with Crippen molar-refractivity contribution >= 4 is 12.0 Å². The number of amides is 2. The molecule has 0 spiro atoms. The summed E-state index contributed by atoms with van der Waals surface area (Å²) in [5.74, 6) is -0.0277. The van der Waals surface area contributed by atoms with Gasteiger partial charge in [-0.1, -0.05) is 0 Å². The van der Waals surface area contributed by atoms with Crippen molar-refractivity contribution in [2.75, 3.05) is 27.7 Å². The van der Waals surface area contributed by atoms with Crippen LogP contribution in [0.5, 0.6) is 0 Å². The molecule has 5 heteroatoms. The molecular weight excluding hydrogens is 196 g/mol. The lowest BCUT2D eigenvalue weighted by Crippen LogP contribution is -2.51.